The molecule has 370 valence electrons. The van der Waals surface area contributed by atoms with Crippen molar-refractivity contribution in [2.24, 2.45) is 0 Å². The standard InChI is InChI=1S/C49H91NO13/c1-3-5-7-9-11-13-15-17-18-19-20-21-23-25-27-29-31-33-41(54)50-37(38(53)32-30-28-26-24-22-16-14-12-10-8-6-4-2)36-60-48-46(59)44(57)47(40(35-52)62-48)63-49-45(58)43(56)42(55)39(34-51)61-49/h17-18,30,32,37-40,42-49,51-53,55-59H,3-16,19-29,31,33-36H2,1-2H3,(H,50,54)/b18-17-,32-30+. The lowest BCUT2D eigenvalue weighted by molar-refractivity contribution is -0.359. The van der Waals surface area contributed by atoms with E-state index >= 15 is 0 Å². The van der Waals surface area contributed by atoms with Gasteiger partial charge in [-0.05, 0) is 44.9 Å². The van der Waals surface area contributed by atoms with Crippen LogP contribution in [0.2, 0.25) is 0 Å². The van der Waals surface area contributed by atoms with Crippen LogP contribution >= 0.6 is 0 Å². The molecule has 12 unspecified atom stereocenters. The molecule has 12 atom stereocenters. The lowest BCUT2D eigenvalue weighted by atomic mass is 9.97. The van der Waals surface area contributed by atoms with Crippen LogP contribution in [0.3, 0.4) is 0 Å². The molecule has 0 radical (unpaired) electrons. The number of amides is 1. The van der Waals surface area contributed by atoms with Crippen molar-refractivity contribution in [1.29, 1.82) is 0 Å². The number of hydrogen-bond acceptors (Lipinski definition) is 13. The van der Waals surface area contributed by atoms with Gasteiger partial charge in [-0.15, -0.1) is 0 Å². The predicted molar refractivity (Wildman–Crippen MR) is 245 cm³/mol. The number of hydrogen-bond donors (Lipinski definition) is 9. The zero-order valence-electron chi connectivity index (χ0n) is 39.1. The zero-order valence-corrected chi connectivity index (χ0v) is 39.1. The molecule has 1 amide bonds. The number of nitrogens with one attached hydrogen (secondary N) is 1. The summed E-state index contributed by atoms with van der Waals surface area (Å²) in [6, 6.07) is -0.912. The van der Waals surface area contributed by atoms with Crippen molar-refractivity contribution in [3.8, 4) is 0 Å². The summed E-state index contributed by atoms with van der Waals surface area (Å²) in [4.78, 5) is 13.1. The van der Waals surface area contributed by atoms with Crippen LogP contribution in [0.15, 0.2) is 24.3 Å². The highest BCUT2D eigenvalue weighted by Crippen LogP contribution is 2.30. The Kier molecular flexibility index (Phi) is 33.4. The Morgan fingerprint density at radius 1 is 0.556 bits per heavy atom. The van der Waals surface area contributed by atoms with Gasteiger partial charge in [0.05, 0.1) is 32.0 Å². The van der Waals surface area contributed by atoms with Gasteiger partial charge in [0.25, 0.3) is 0 Å². The quantitative estimate of drug-likeness (QED) is 0.0250. The molecule has 0 aromatic rings. The molecule has 2 aliphatic rings. The summed E-state index contributed by atoms with van der Waals surface area (Å²) in [7, 11) is 0. The fourth-order valence-corrected chi connectivity index (χ4v) is 8.23. The van der Waals surface area contributed by atoms with Gasteiger partial charge in [0, 0.05) is 6.42 Å². The van der Waals surface area contributed by atoms with E-state index in [1.807, 2.05) is 6.08 Å². The summed E-state index contributed by atoms with van der Waals surface area (Å²) >= 11 is 0. The molecule has 0 aliphatic carbocycles. The van der Waals surface area contributed by atoms with E-state index in [0.29, 0.717) is 6.42 Å². The molecule has 0 aromatic heterocycles. The van der Waals surface area contributed by atoms with Crippen LogP contribution in [-0.4, -0.2) is 140 Å². The third-order valence-electron chi connectivity index (χ3n) is 12.4. The van der Waals surface area contributed by atoms with Gasteiger partial charge in [0.2, 0.25) is 5.91 Å². The van der Waals surface area contributed by atoms with Gasteiger partial charge in [-0.25, -0.2) is 0 Å². The third-order valence-corrected chi connectivity index (χ3v) is 12.4. The fourth-order valence-electron chi connectivity index (χ4n) is 8.23. The first kappa shape index (κ1) is 57.6. The number of carbonyl (C=O) groups is 1. The summed E-state index contributed by atoms with van der Waals surface area (Å²) < 4.78 is 22.7. The molecule has 2 fully saturated rings. The molecule has 14 nitrogen and oxygen atoms in total. The Bertz CT molecular complexity index is 1160. The van der Waals surface area contributed by atoms with Crippen LogP contribution in [0.4, 0.5) is 0 Å². The summed E-state index contributed by atoms with van der Waals surface area (Å²) in [5, 5.41) is 86.6. The Morgan fingerprint density at radius 2 is 1.00 bits per heavy atom. The van der Waals surface area contributed by atoms with E-state index in [2.05, 4.69) is 31.3 Å². The summed E-state index contributed by atoms with van der Waals surface area (Å²) in [5.41, 5.74) is 0. The van der Waals surface area contributed by atoms with E-state index in [1.54, 1.807) is 6.08 Å². The highest BCUT2D eigenvalue weighted by atomic mass is 16.7. The number of allylic oxidation sites excluding steroid dienone is 3. The number of unbranched alkanes of at least 4 members (excludes halogenated alkanes) is 23. The van der Waals surface area contributed by atoms with Crippen LogP contribution in [0.5, 0.6) is 0 Å². The van der Waals surface area contributed by atoms with E-state index in [0.717, 1.165) is 44.9 Å². The maximum Gasteiger partial charge on any atom is 0.220 e. The molecule has 2 heterocycles. The van der Waals surface area contributed by atoms with Crippen molar-refractivity contribution in [1.82, 2.24) is 5.32 Å². The number of rotatable bonds is 38. The minimum Gasteiger partial charge on any atom is -0.394 e. The Labute approximate surface area is 379 Å². The van der Waals surface area contributed by atoms with Crippen molar-refractivity contribution < 1.29 is 64.6 Å². The minimum absolute atomic E-state index is 0.245. The first-order valence-corrected chi connectivity index (χ1v) is 25.1. The molecule has 14 heteroatoms. The van der Waals surface area contributed by atoms with Crippen molar-refractivity contribution in [3.05, 3.63) is 24.3 Å². The number of aliphatic hydroxyl groups excluding tert-OH is 8. The van der Waals surface area contributed by atoms with Crippen molar-refractivity contribution >= 4 is 5.91 Å². The molecular formula is C49H91NO13. The van der Waals surface area contributed by atoms with Crippen LogP contribution in [-0.2, 0) is 23.7 Å². The maximum atomic E-state index is 13.1. The predicted octanol–water partition coefficient (Wildman–Crippen LogP) is 6.16. The van der Waals surface area contributed by atoms with Crippen LogP contribution in [0.1, 0.15) is 187 Å². The second-order valence-corrected chi connectivity index (χ2v) is 17.9. The monoisotopic (exact) mass is 902 g/mol. The van der Waals surface area contributed by atoms with Crippen LogP contribution in [0, 0.1) is 0 Å². The van der Waals surface area contributed by atoms with Crippen molar-refractivity contribution in [2.45, 2.75) is 261 Å². The van der Waals surface area contributed by atoms with E-state index < -0.39 is 86.8 Å². The normalized spacial score (nSPS) is 27.7. The molecule has 9 N–H and O–H groups in total. The lowest BCUT2D eigenvalue weighted by Gasteiger charge is -2.46. The number of aliphatic hydroxyl groups is 8. The van der Waals surface area contributed by atoms with Gasteiger partial charge >= 0.3 is 0 Å². The molecule has 0 bridgehead atoms. The third kappa shape index (κ3) is 24.2. The van der Waals surface area contributed by atoms with Crippen molar-refractivity contribution in [3.63, 3.8) is 0 Å². The van der Waals surface area contributed by atoms with Gasteiger partial charge in [-0.1, -0.05) is 160 Å². The smallest absolute Gasteiger partial charge is 0.220 e. The van der Waals surface area contributed by atoms with Gasteiger partial charge in [0.15, 0.2) is 12.6 Å². The molecule has 63 heavy (non-hydrogen) atoms. The molecule has 2 aliphatic heterocycles. The Morgan fingerprint density at radius 3 is 1.51 bits per heavy atom. The summed E-state index contributed by atoms with van der Waals surface area (Å²) in [6.45, 7) is 2.76. The topological polar surface area (TPSA) is 228 Å². The van der Waals surface area contributed by atoms with E-state index in [-0.39, 0.29) is 18.9 Å². The molecule has 0 spiro atoms. The van der Waals surface area contributed by atoms with Crippen LogP contribution < -0.4 is 5.32 Å². The van der Waals surface area contributed by atoms with E-state index in [9.17, 15) is 45.6 Å². The lowest BCUT2D eigenvalue weighted by Crippen LogP contribution is -2.65. The average Bonchev–Trinajstić information content (AvgIpc) is 3.28. The fraction of sp³-hybridized carbons (Fsp3) is 0.898. The minimum atomic E-state index is -1.79. The number of ether oxygens (including phenoxy) is 4. The Hall–Kier alpha value is -1.53. The number of carbonyl (C=O) groups excluding carboxylic acids is 1. The largest absolute Gasteiger partial charge is 0.394 e. The van der Waals surface area contributed by atoms with Crippen molar-refractivity contribution in [2.75, 3.05) is 19.8 Å². The molecule has 0 saturated carbocycles. The van der Waals surface area contributed by atoms with Crippen LogP contribution in [0.25, 0.3) is 0 Å². The second kappa shape index (κ2) is 36.6. The molecular weight excluding hydrogens is 811 g/mol. The second-order valence-electron chi connectivity index (χ2n) is 17.9. The van der Waals surface area contributed by atoms with Gasteiger partial charge in [-0.3, -0.25) is 4.79 Å². The van der Waals surface area contributed by atoms with Gasteiger partial charge < -0.3 is 65.1 Å². The highest BCUT2D eigenvalue weighted by molar-refractivity contribution is 5.76. The first-order valence-electron chi connectivity index (χ1n) is 25.1. The summed E-state index contributed by atoms with van der Waals surface area (Å²) in [5.74, 6) is -0.245. The van der Waals surface area contributed by atoms with Gasteiger partial charge in [0.1, 0.15) is 48.8 Å². The first-order chi connectivity index (χ1) is 30.6. The molecule has 2 rings (SSSR count). The highest BCUT2D eigenvalue weighted by Gasteiger charge is 2.51. The zero-order chi connectivity index (χ0) is 46.1. The SMILES string of the molecule is CCCCCCCC/C=C\CCCCCCCCCC(=O)NC(COC1OC(CO)C(OC2OC(CO)C(O)C(O)C2O)C(O)C1O)C(O)/C=C/CCCCCCCCCCCC. The average molecular weight is 902 g/mol. The van der Waals surface area contributed by atoms with Gasteiger partial charge in [-0.2, -0.15) is 0 Å². The summed E-state index contributed by atoms with van der Waals surface area (Å²) in [6.07, 6.45) is 22.1. The van der Waals surface area contributed by atoms with E-state index in [1.165, 1.54) is 116 Å². The van der Waals surface area contributed by atoms with E-state index in [4.69, 9.17) is 18.9 Å². The maximum absolute atomic E-state index is 13.1. The Balaban J connectivity index is 1.85. The molecule has 2 saturated heterocycles. The molecule has 0 aromatic carbocycles.